The minimum Gasteiger partial charge on any atom is -0.444 e. The van der Waals surface area contributed by atoms with E-state index in [1.807, 2.05) is 27.7 Å². The molecular formula is C12H24N2O2. The lowest BCUT2D eigenvalue weighted by Gasteiger charge is -2.32. The number of rotatable bonds is 2. The molecule has 0 aromatic carbocycles. The highest BCUT2D eigenvalue weighted by Crippen LogP contribution is 2.24. The van der Waals surface area contributed by atoms with E-state index in [4.69, 9.17) is 10.5 Å². The maximum Gasteiger partial charge on any atom is 0.410 e. The van der Waals surface area contributed by atoms with Gasteiger partial charge in [0.05, 0.1) is 6.04 Å². The number of carbonyl (C=O) groups excluding carboxylic acids is 1. The molecule has 0 bridgehead atoms. The third-order valence-corrected chi connectivity index (χ3v) is 2.90. The van der Waals surface area contributed by atoms with Crippen molar-refractivity contribution in [1.82, 2.24) is 4.90 Å². The minimum absolute atomic E-state index is 0.104. The fourth-order valence-electron chi connectivity index (χ4n) is 2.18. The first-order chi connectivity index (χ1) is 7.35. The summed E-state index contributed by atoms with van der Waals surface area (Å²) in [5.41, 5.74) is 5.57. The minimum atomic E-state index is -0.437. The topological polar surface area (TPSA) is 55.6 Å². The summed E-state index contributed by atoms with van der Waals surface area (Å²) < 4.78 is 5.38. The van der Waals surface area contributed by atoms with Crippen molar-refractivity contribution >= 4 is 6.09 Å². The molecule has 2 N–H and O–H groups in total. The zero-order valence-corrected chi connectivity index (χ0v) is 10.8. The quantitative estimate of drug-likeness (QED) is 0.787. The van der Waals surface area contributed by atoms with Crippen LogP contribution in [0.1, 0.15) is 47.0 Å². The smallest absolute Gasteiger partial charge is 0.410 e. The van der Waals surface area contributed by atoms with Crippen LogP contribution < -0.4 is 5.73 Å². The highest BCUT2D eigenvalue weighted by Gasteiger charge is 2.33. The molecule has 4 nitrogen and oxygen atoms in total. The fourth-order valence-corrected chi connectivity index (χ4v) is 2.18. The number of nitrogens with two attached hydrogens (primary N) is 1. The Morgan fingerprint density at radius 3 is 2.44 bits per heavy atom. The van der Waals surface area contributed by atoms with E-state index in [0.29, 0.717) is 6.54 Å². The van der Waals surface area contributed by atoms with E-state index in [9.17, 15) is 4.79 Å². The van der Waals surface area contributed by atoms with Crippen molar-refractivity contribution in [1.29, 1.82) is 0 Å². The molecule has 1 saturated carbocycles. The number of ether oxygens (including phenoxy) is 1. The number of likely N-dealkylation sites (N-methyl/N-ethyl adjacent to an activating group) is 1. The van der Waals surface area contributed by atoms with E-state index in [1.165, 1.54) is 0 Å². The molecule has 0 radical (unpaired) electrons. The van der Waals surface area contributed by atoms with Crippen LogP contribution in [0.5, 0.6) is 0 Å². The molecule has 94 valence electrons. The monoisotopic (exact) mass is 228 g/mol. The Balaban J connectivity index is 2.63. The van der Waals surface area contributed by atoms with E-state index in [-0.39, 0.29) is 18.2 Å². The van der Waals surface area contributed by atoms with Gasteiger partial charge in [-0.1, -0.05) is 0 Å². The van der Waals surface area contributed by atoms with Crippen molar-refractivity contribution in [2.45, 2.75) is 64.6 Å². The normalized spacial score (nSPS) is 25.6. The summed E-state index contributed by atoms with van der Waals surface area (Å²) in [5, 5.41) is 0. The van der Waals surface area contributed by atoms with Crippen LogP contribution in [0.2, 0.25) is 0 Å². The molecule has 0 unspecified atom stereocenters. The molecule has 16 heavy (non-hydrogen) atoms. The summed E-state index contributed by atoms with van der Waals surface area (Å²) in [5.74, 6) is 0. The van der Waals surface area contributed by atoms with Crippen LogP contribution in [-0.4, -0.2) is 35.2 Å². The molecule has 4 heteroatoms. The number of amides is 1. The predicted octanol–water partition coefficient (Wildman–Crippen LogP) is 2.12. The van der Waals surface area contributed by atoms with Gasteiger partial charge in [0, 0.05) is 12.6 Å². The molecular weight excluding hydrogens is 204 g/mol. The van der Waals surface area contributed by atoms with Gasteiger partial charge in [-0.3, -0.25) is 0 Å². The Kier molecular flexibility index (Phi) is 4.19. The Morgan fingerprint density at radius 1 is 1.44 bits per heavy atom. The highest BCUT2D eigenvalue weighted by molar-refractivity contribution is 5.68. The zero-order chi connectivity index (χ0) is 12.3. The average Bonchev–Trinajstić information content (AvgIpc) is 2.50. The Hall–Kier alpha value is -0.770. The first-order valence-electron chi connectivity index (χ1n) is 6.10. The van der Waals surface area contributed by atoms with Gasteiger partial charge in [0.2, 0.25) is 0 Å². The second kappa shape index (κ2) is 5.04. The van der Waals surface area contributed by atoms with Gasteiger partial charge < -0.3 is 15.4 Å². The van der Waals surface area contributed by atoms with Crippen LogP contribution >= 0.6 is 0 Å². The Morgan fingerprint density at radius 2 is 2.06 bits per heavy atom. The van der Waals surface area contributed by atoms with Crippen LogP contribution in [0.3, 0.4) is 0 Å². The molecule has 2 atom stereocenters. The molecule has 1 amide bonds. The van der Waals surface area contributed by atoms with E-state index >= 15 is 0 Å². The van der Waals surface area contributed by atoms with Gasteiger partial charge in [0.1, 0.15) is 5.60 Å². The van der Waals surface area contributed by atoms with E-state index in [0.717, 1.165) is 19.3 Å². The number of hydrogen-bond acceptors (Lipinski definition) is 3. The van der Waals surface area contributed by atoms with Crippen molar-refractivity contribution in [3.63, 3.8) is 0 Å². The van der Waals surface area contributed by atoms with Gasteiger partial charge in [-0.25, -0.2) is 4.79 Å². The maximum atomic E-state index is 12.0. The molecule has 1 rings (SSSR count). The number of hydrogen-bond donors (Lipinski definition) is 1. The summed E-state index contributed by atoms with van der Waals surface area (Å²) in [6.07, 6.45) is 2.86. The molecule has 0 saturated heterocycles. The lowest BCUT2D eigenvalue weighted by molar-refractivity contribution is 0.0164. The largest absolute Gasteiger partial charge is 0.444 e. The summed E-state index contributed by atoms with van der Waals surface area (Å²) in [7, 11) is 0. The standard InChI is InChI=1S/C12H24N2O2/c1-5-14(10-8-6-7-9(10)13)11(15)16-12(2,3)4/h9-10H,5-8,13H2,1-4H3/t9-,10+/m1/s1. The summed E-state index contributed by atoms with van der Waals surface area (Å²) in [6, 6.07) is 0.257. The van der Waals surface area contributed by atoms with Crippen molar-refractivity contribution in [3.05, 3.63) is 0 Å². The lowest BCUT2D eigenvalue weighted by atomic mass is 10.1. The zero-order valence-electron chi connectivity index (χ0n) is 10.8. The summed E-state index contributed by atoms with van der Waals surface area (Å²) in [4.78, 5) is 13.7. The van der Waals surface area contributed by atoms with Crippen LogP contribution in [-0.2, 0) is 4.74 Å². The number of nitrogens with zero attached hydrogens (tertiary/aromatic N) is 1. The third kappa shape index (κ3) is 3.37. The summed E-state index contributed by atoms with van der Waals surface area (Å²) in [6.45, 7) is 8.27. The van der Waals surface area contributed by atoms with Crippen molar-refractivity contribution in [3.8, 4) is 0 Å². The maximum absolute atomic E-state index is 12.0. The summed E-state index contributed by atoms with van der Waals surface area (Å²) >= 11 is 0. The Labute approximate surface area is 98.1 Å². The number of carbonyl (C=O) groups is 1. The van der Waals surface area contributed by atoms with E-state index in [2.05, 4.69) is 0 Å². The molecule has 0 heterocycles. The first-order valence-corrected chi connectivity index (χ1v) is 6.10. The lowest BCUT2D eigenvalue weighted by Crippen LogP contribution is -2.49. The fraction of sp³-hybridized carbons (Fsp3) is 0.917. The van der Waals surface area contributed by atoms with Gasteiger partial charge >= 0.3 is 6.09 Å². The van der Waals surface area contributed by atoms with Crippen LogP contribution in [0.15, 0.2) is 0 Å². The van der Waals surface area contributed by atoms with Crippen molar-refractivity contribution in [2.24, 2.45) is 5.73 Å². The van der Waals surface area contributed by atoms with Gasteiger partial charge in [0.15, 0.2) is 0 Å². The molecule has 0 aromatic heterocycles. The van der Waals surface area contributed by atoms with Crippen LogP contribution in [0.25, 0.3) is 0 Å². The molecule has 0 aromatic rings. The molecule has 1 aliphatic rings. The average molecular weight is 228 g/mol. The molecule has 1 aliphatic carbocycles. The second-order valence-corrected chi connectivity index (χ2v) is 5.43. The predicted molar refractivity (Wildman–Crippen MR) is 64.2 cm³/mol. The molecule has 1 fully saturated rings. The van der Waals surface area contributed by atoms with Crippen molar-refractivity contribution < 1.29 is 9.53 Å². The first kappa shape index (κ1) is 13.3. The van der Waals surface area contributed by atoms with Crippen LogP contribution in [0.4, 0.5) is 4.79 Å². The van der Waals surface area contributed by atoms with Gasteiger partial charge in [-0.15, -0.1) is 0 Å². The van der Waals surface area contributed by atoms with Gasteiger partial charge in [0.25, 0.3) is 0 Å². The van der Waals surface area contributed by atoms with Crippen molar-refractivity contribution in [2.75, 3.05) is 6.54 Å². The van der Waals surface area contributed by atoms with E-state index < -0.39 is 5.60 Å². The van der Waals surface area contributed by atoms with Gasteiger partial charge in [-0.2, -0.15) is 0 Å². The SMILES string of the molecule is CCN(C(=O)OC(C)(C)C)[C@H]1CCC[C@H]1N. The molecule has 0 spiro atoms. The van der Waals surface area contributed by atoms with E-state index in [1.54, 1.807) is 4.90 Å². The highest BCUT2D eigenvalue weighted by atomic mass is 16.6. The Bertz CT molecular complexity index is 248. The second-order valence-electron chi connectivity index (χ2n) is 5.43. The van der Waals surface area contributed by atoms with Crippen LogP contribution in [0, 0.1) is 0 Å². The van der Waals surface area contributed by atoms with Gasteiger partial charge in [-0.05, 0) is 47.0 Å². The molecule has 0 aliphatic heterocycles. The third-order valence-electron chi connectivity index (χ3n) is 2.90.